The normalized spacial score (nSPS) is 9.96. The third kappa shape index (κ3) is 3.67. The third-order valence-corrected chi connectivity index (χ3v) is 3.64. The first kappa shape index (κ1) is 16.3. The van der Waals surface area contributed by atoms with Crippen LogP contribution in [0.25, 0.3) is 11.0 Å². The van der Waals surface area contributed by atoms with Crippen molar-refractivity contribution in [1.29, 1.82) is 0 Å². The Labute approximate surface area is 144 Å². The second-order valence-corrected chi connectivity index (χ2v) is 5.24. The van der Waals surface area contributed by atoms with Gasteiger partial charge in [-0.15, -0.1) is 0 Å². The van der Waals surface area contributed by atoms with Gasteiger partial charge in [0.05, 0.1) is 29.5 Å². The van der Waals surface area contributed by atoms with Crippen molar-refractivity contribution in [2.45, 2.75) is 0 Å². The molecule has 0 aliphatic heterocycles. The number of nitrogens with one attached hydrogen (secondary N) is 3. The molecule has 0 aliphatic carbocycles. The minimum absolute atomic E-state index is 0.182. The number of carbonyl (C=O) groups excluding carboxylic acids is 2. The number of nitrogens with zero attached hydrogens (tertiary/aromatic N) is 1. The lowest BCUT2D eigenvalue weighted by molar-refractivity contribution is 0.0952. The van der Waals surface area contributed by atoms with Crippen LogP contribution in [0, 0.1) is 11.8 Å². The molecule has 0 radical (unpaired) electrons. The summed E-state index contributed by atoms with van der Waals surface area (Å²) in [5.74, 6) is 5.38. The molecule has 124 valence electrons. The number of imidazole rings is 1. The van der Waals surface area contributed by atoms with Crippen molar-refractivity contribution in [3.63, 3.8) is 0 Å². The van der Waals surface area contributed by atoms with Gasteiger partial charge in [0.2, 0.25) is 0 Å². The number of hydrogen-bond acceptors (Lipinski definition) is 3. The van der Waals surface area contributed by atoms with Crippen molar-refractivity contribution in [3.05, 3.63) is 65.5 Å². The Hall–Kier alpha value is -3.59. The molecule has 6 heteroatoms. The summed E-state index contributed by atoms with van der Waals surface area (Å²) in [4.78, 5) is 31.0. The van der Waals surface area contributed by atoms with Crippen LogP contribution in [0.1, 0.15) is 26.3 Å². The predicted molar refractivity (Wildman–Crippen MR) is 95.1 cm³/mol. The molecule has 0 fully saturated rings. The Morgan fingerprint density at radius 1 is 1.16 bits per heavy atom. The van der Waals surface area contributed by atoms with Crippen molar-refractivity contribution in [3.8, 4) is 11.8 Å². The van der Waals surface area contributed by atoms with Crippen LogP contribution in [-0.2, 0) is 0 Å². The maximum atomic E-state index is 12.2. The van der Waals surface area contributed by atoms with E-state index in [0.717, 1.165) is 11.0 Å². The van der Waals surface area contributed by atoms with Crippen LogP contribution in [-0.4, -0.2) is 35.4 Å². The topological polar surface area (TPSA) is 86.9 Å². The molecule has 3 aromatic rings. The Morgan fingerprint density at radius 2 is 2.00 bits per heavy atom. The van der Waals surface area contributed by atoms with Gasteiger partial charge < -0.3 is 15.6 Å². The van der Waals surface area contributed by atoms with Gasteiger partial charge in [0.1, 0.15) is 0 Å². The highest BCUT2D eigenvalue weighted by Crippen LogP contribution is 2.11. The van der Waals surface area contributed by atoms with E-state index in [0.29, 0.717) is 16.7 Å². The summed E-state index contributed by atoms with van der Waals surface area (Å²) >= 11 is 0. The fourth-order valence-corrected chi connectivity index (χ4v) is 2.37. The van der Waals surface area contributed by atoms with Crippen molar-refractivity contribution in [1.82, 2.24) is 20.6 Å². The molecule has 0 saturated carbocycles. The van der Waals surface area contributed by atoms with Crippen molar-refractivity contribution in [2.24, 2.45) is 0 Å². The van der Waals surface area contributed by atoms with Crippen LogP contribution >= 0.6 is 0 Å². The molecule has 0 unspecified atom stereocenters. The first-order valence-electron chi connectivity index (χ1n) is 7.70. The Kier molecular flexibility index (Phi) is 4.77. The fraction of sp³-hybridized carbons (Fsp3) is 0.105. The van der Waals surface area contributed by atoms with Gasteiger partial charge in [0.25, 0.3) is 11.8 Å². The summed E-state index contributed by atoms with van der Waals surface area (Å²) in [5.41, 5.74) is 3.27. The molecule has 0 atom stereocenters. The highest BCUT2D eigenvalue weighted by molar-refractivity contribution is 5.97. The number of amides is 2. The third-order valence-electron chi connectivity index (χ3n) is 3.64. The van der Waals surface area contributed by atoms with Gasteiger partial charge in [-0.25, -0.2) is 4.98 Å². The number of carbonyl (C=O) groups is 2. The van der Waals surface area contributed by atoms with Gasteiger partial charge in [0.15, 0.2) is 0 Å². The quantitative estimate of drug-likeness (QED) is 0.638. The Balaban J connectivity index is 1.66. The van der Waals surface area contributed by atoms with E-state index in [1.165, 1.54) is 0 Å². The maximum Gasteiger partial charge on any atom is 0.252 e. The summed E-state index contributed by atoms with van der Waals surface area (Å²) in [6.07, 6.45) is 1.59. The lowest BCUT2D eigenvalue weighted by Gasteiger charge is -2.03. The molecule has 6 nitrogen and oxygen atoms in total. The minimum atomic E-state index is -0.217. The zero-order valence-electron chi connectivity index (χ0n) is 13.6. The van der Waals surface area contributed by atoms with Gasteiger partial charge in [-0.3, -0.25) is 9.59 Å². The van der Waals surface area contributed by atoms with E-state index in [9.17, 15) is 9.59 Å². The molecule has 25 heavy (non-hydrogen) atoms. The number of aromatic amines is 1. The van der Waals surface area contributed by atoms with Gasteiger partial charge in [0, 0.05) is 18.2 Å². The molecule has 2 amide bonds. The smallest absolute Gasteiger partial charge is 0.252 e. The average Bonchev–Trinajstić information content (AvgIpc) is 3.12. The van der Waals surface area contributed by atoms with E-state index < -0.39 is 0 Å². The van der Waals surface area contributed by atoms with Crippen LogP contribution < -0.4 is 10.6 Å². The molecule has 0 saturated heterocycles. The molecule has 3 N–H and O–H groups in total. The first-order chi connectivity index (χ1) is 12.2. The highest BCUT2D eigenvalue weighted by atomic mass is 16.2. The molecule has 0 spiro atoms. The number of rotatable bonds is 3. The summed E-state index contributed by atoms with van der Waals surface area (Å²) < 4.78 is 0. The molecule has 3 rings (SSSR count). The fourth-order valence-electron chi connectivity index (χ4n) is 2.37. The molecule has 1 aromatic heterocycles. The molecular formula is C19H16N4O2. The lowest BCUT2D eigenvalue weighted by atomic mass is 10.1. The van der Waals surface area contributed by atoms with E-state index in [1.807, 2.05) is 6.07 Å². The summed E-state index contributed by atoms with van der Waals surface area (Å²) in [5, 5.41) is 5.32. The van der Waals surface area contributed by atoms with E-state index in [1.54, 1.807) is 49.8 Å². The number of benzene rings is 2. The molecule has 0 aliphatic rings. The zero-order chi connectivity index (χ0) is 17.6. The lowest BCUT2D eigenvalue weighted by Crippen LogP contribution is -2.23. The number of fused-ring (bicyclic) bond motifs is 1. The summed E-state index contributed by atoms with van der Waals surface area (Å²) in [6.45, 7) is 0.182. The van der Waals surface area contributed by atoms with Gasteiger partial charge in [-0.1, -0.05) is 24.0 Å². The number of H-pyrrole nitrogens is 1. The molecule has 0 bridgehead atoms. The largest absolute Gasteiger partial charge is 0.355 e. The van der Waals surface area contributed by atoms with Crippen LogP contribution in [0.5, 0.6) is 0 Å². The average molecular weight is 332 g/mol. The van der Waals surface area contributed by atoms with Crippen LogP contribution in [0.4, 0.5) is 0 Å². The van der Waals surface area contributed by atoms with Crippen molar-refractivity contribution < 1.29 is 9.59 Å². The van der Waals surface area contributed by atoms with E-state index in [-0.39, 0.29) is 18.4 Å². The molecule has 2 aromatic carbocycles. The zero-order valence-corrected chi connectivity index (χ0v) is 13.6. The maximum absolute atomic E-state index is 12.2. The van der Waals surface area contributed by atoms with Crippen LogP contribution in [0.2, 0.25) is 0 Å². The van der Waals surface area contributed by atoms with Gasteiger partial charge in [-0.2, -0.15) is 0 Å². The van der Waals surface area contributed by atoms with Crippen LogP contribution in [0.15, 0.2) is 48.8 Å². The van der Waals surface area contributed by atoms with E-state index in [2.05, 4.69) is 32.4 Å². The monoisotopic (exact) mass is 332 g/mol. The first-order valence-corrected chi connectivity index (χ1v) is 7.70. The molecule has 1 heterocycles. The Bertz CT molecular complexity index is 995. The SMILES string of the molecule is CNC(=O)c1ccccc1C#CCNC(=O)c1ccc2nc[nH]c2c1. The van der Waals surface area contributed by atoms with Gasteiger partial charge >= 0.3 is 0 Å². The Morgan fingerprint density at radius 3 is 2.84 bits per heavy atom. The minimum Gasteiger partial charge on any atom is -0.355 e. The predicted octanol–water partition coefficient (Wildman–Crippen LogP) is 1.70. The highest BCUT2D eigenvalue weighted by Gasteiger charge is 2.07. The van der Waals surface area contributed by atoms with E-state index in [4.69, 9.17) is 0 Å². The van der Waals surface area contributed by atoms with Crippen molar-refractivity contribution in [2.75, 3.05) is 13.6 Å². The summed E-state index contributed by atoms with van der Waals surface area (Å²) in [6, 6.07) is 12.3. The van der Waals surface area contributed by atoms with Gasteiger partial charge in [-0.05, 0) is 30.3 Å². The standard InChI is InChI=1S/C19H16N4O2/c1-20-19(25)15-7-3-2-5-13(15)6-4-10-21-18(24)14-8-9-16-17(11-14)23-12-22-16/h2-3,5,7-9,11-12H,10H2,1H3,(H,20,25)(H,21,24)(H,22,23). The number of hydrogen-bond donors (Lipinski definition) is 3. The summed E-state index contributed by atoms with van der Waals surface area (Å²) in [7, 11) is 1.57. The molecular weight excluding hydrogens is 316 g/mol. The second kappa shape index (κ2) is 7.32. The number of aromatic nitrogens is 2. The van der Waals surface area contributed by atoms with Crippen LogP contribution in [0.3, 0.4) is 0 Å². The van der Waals surface area contributed by atoms with Crippen molar-refractivity contribution >= 4 is 22.8 Å². The van der Waals surface area contributed by atoms with E-state index >= 15 is 0 Å². The second-order valence-electron chi connectivity index (χ2n) is 5.24.